The summed E-state index contributed by atoms with van der Waals surface area (Å²) >= 11 is 0. The van der Waals surface area contributed by atoms with Gasteiger partial charge in [-0.05, 0) is 23.8 Å². The molecule has 2 aromatic rings. The number of para-hydroxylation sites is 1. The molecular formula is C15H14N2O3S. The number of hydrogen-bond donors (Lipinski definition) is 2. The predicted octanol–water partition coefficient (Wildman–Crippen LogP) is 1.99. The average Bonchev–Trinajstić information content (AvgIpc) is 2.47. The molecule has 5 nitrogen and oxygen atoms in total. The van der Waals surface area contributed by atoms with E-state index in [1.54, 1.807) is 48.5 Å². The third-order valence-electron chi connectivity index (χ3n) is 2.89. The van der Waals surface area contributed by atoms with Crippen LogP contribution in [0.25, 0.3) is 0 Å². The van der Waals surface area contributed by atoms with Crippen LogP contribution in [0, 0.1) is 11.3 Å². The zero-order valence-corrected chi connectivity index (χ0v) is 12.0. The van der Waals surface area contributed by atoms with Gasteiger partial charge >= 0.3 is 0 Å². The highest BCUT2D eigenvalue weighted by Gasteiger charge is 2.13. The van der Waals surface area contributed by atoms with Crippen molar-refractivity contribution in [3.05, 3.63) is 65.2 Å². The lowest BCUT2D eigenvalue weighted by Gasteiger charge is -2.11. The van der Waals surface area contributed by atoms with E-state index in [-0.39, 0.29) is 12.4 Å². The monoisotopic (exact) mass is 302 g/mol. The van der Waals surface area contributed by atoms with Crippen LogP contribution in [0.5, 0.6) is 0 Å². The summed E-state index contributed by atoms with van der Waals surface area (Å²) < 4.78 is 26.7. The van der Waals surface area contributed by atoms with Gasteiger partial charge < -0.3 is 5.11 Å². The fourth-order valence-corrected chi connectivity index (χ4v) is 3.09. The Kier molecular flexibility index (Phi) is 4.58. The van der Waals surface area contributed by atoms with E-state index in [9.17, 15) is 13.5 Å². The van der Waals surface area contributed by atoms with Crippen molar-refractivity contribution in [2.24, 2.45) is 0 Å². The Morgan fingerprint density at radius 1 is 1.10 bits per heavy atom. The molecule has 0 atom stereocenters. The molecule has 0 fully saturated rings. The second-order valence-corrected chi connectivity index (χ2v) is 6.21. The van der Waals surface area contributed by atoms with Crippen LogP contribution >= 0.6 is 0 Å². The lowest BCUT2D eigenvalue weighted by Crippen LogP contribution is -2.16. The van der Waals surface area contributed by atoms with Crippen molar-refractivity contribution in [1.29, 1.82) is 5.26 Å². The third-order valence-corrected chi connectivity index (χ3v) is 4.14. The minimum Gasteiger partial charge on any atom is -0.392 e. The number of hydrogen-bond acceptors (Lipinski definition) is 4. The second-order valence-electron chi connectivity index (χ2n) is 4.49. The van der Waals surface area contributed by atoms with Crippen molar-refractivity contribution in [3.8, 4) is 6.07 Å². The maximum Gasteiger partial charge on any atom is 0.236 e. The molecule has 0 radical (unpaired) electrons. The minimum absolute atomic E-state index is 0.196. The van der Waals surface area contributed by atoms with Crippen molar-refractivity contribution in [2.45, 2.75) is 12.4 Å². The molecule has 21 heavy (non-hydrogen) atoms. The highest BCUT2D eigenvalue weighted by molar-refractivity contribution is 7.91. The summed E-state index contributed by atoms with van der Waals surface area (Å²) in [5.41, 5.74) is 1.95. The zero-order valence-electron chi connectivity index (χ0n) is 11.2. The lowest BCUT2D eigenvalue weighted by atomic mass is 10.2. The Labute approximate surface area is 123 Å². The SMILES string of the molecule is N#Cc1ccc(CS(=O)(=O)Nc2ccccc2CO)cc1. The summed E-state index contributed by atoms with van der Waals surface area (Å²) in [5, 5.41) is 17.9. The number of benzene rings is 2. The molecule has 0 bridgehead atoms. The Bertz CT molecular complexity index is 762. The van der Waals surface area contributed by atoms with E-state index in [2.05, 4.69) is 4.72 Å². The standard InChI is InChI=1S/C15H14N2O3S/c16-9-12-5-7-13(8-6-12)11-21(19,20)17-15-4-2-1-3-14(15)10-18/h1-8,17-18H,10-11H2. The highest BCUT2D eigenvalue weighted by atomic mass is 32.2. The van der Waals surface area contributed by atoms with Gasteiger partial charge in [0, 0.05) is 5.56 Å². The number of rotatable bonds is 5. The van der Waals surface area contributed by atoms with Crippen LogP contribution in [-0.2, 0) is 22.4 Å². The van der Waals surface area contributed by atoms with Gasteiger partial charge in [0.25, 0.3) is 0 Å². The van der Waals surface area contributed by atoms with Crippen LogP contribution in [0.15, 0.2) is 48.5 Å². The molecule has 0 saturated heterocycles. The molecule has 2 aromatic carbocycles. The summed E-state index contributed by atoms with van der Waals surface area (Å²) in [4.78, 5) is 0. The van der Waals surface area contributed by atoms with Crippen LogP contribution in [0.4, 0.5) is 5.69 Å². The summed E-state index contributed by atoms with van der Waals surface area (Å²) in [5.74, 6) is -0.196. The summed E-state index contributed by atoms with van der Waals surface area (Å²) in [6.07, 6.45) is 0. The molecular weight excluding hydrogens is 288 g/mol. The highest BCUT2D eigenvalue weighted by Crippen LogP contribution is 2.18. The van der Waals surface area contributed by atoms with Gasteiger partial charge in [0.05, 0.1) is 29.7 Å². The van der Waals surface area contributed by atoms with Gasteiger partial charge in [0.2, 0.25) is 10.0 Å². The normalized spacial score (nSPS) is 10.9. The molecule has 2 N–H and O–H groups in total. The summed E-state index contributed by atoms with van der Waals surface area (Å²) in [6.45, 7) is -0.241. The first kappa shape index (κ1) is 15.0. The number of aliphatic hydroxyl groups excluding tert-OH is 1. The number of nitrogens with one attached hydrogen (secondary N) is 1. The number of aliphatic hydroxyl groups is 1. The number of nitriles is 1. The van der Waals surface area contributed by atoms with E-state index in [1.807, 2.05) is 6.07 Å². The van der Waals surface area contributed by atoms with Crippen molar-refractivity contribution < 1.29 is 13.5 Å². The summed E-state index contributed by atoms with van der Waals surface area (Å²) in [7, 11) is -3.58. The Hall–Kier alpha value is -2.36. The smallest absolute Gasteiger partial charge is 0.236 e. The molecule has 108 valence electrons. The quantitative estimate of drug-likeness (QED) is 0.883. The molecule has 0 aromatic heterocycles. The zero-order chi connectivity index (χ0) is 15.3. The molecule has 0 aliphatic rings. The molecule has 0 spiro atoms. The Balaban J connectivity index is 2.16. The fraction of sp³-hybridized carbons (Fsp3) is 0.133. The third kappa shape index (κ3) is 4.05. The van der Waals surface area contributed by atoms with E-state index in [1.165, 1.54) is 0 Å². The summed E-state index contributed by atoms with van der Waals surface area (Å²) in [6, 6.07) is 15.0. The van der Waals surface area contributed by atoms with E-state index in [0.717, 1.165) is 0 Å². The molecule has 2 rings (SSSR count). The van der Waals surface area contributed by atoms with Crippen LogP contribution in [-0.4, -0.2) is 13.5 Å². The molecule has 0 aliphatic heterocycles. The van der Waals surface area contributed by atoms with Crippen LogP contribution in [0.2, 0.25) is 0 Å². The van der Waals surface area contributed by atoms with Gasteiger partial charge in [-0.25, -0.2) is 8.42 Å². The number of nitrogens with zero attached hydrogens (tertiary/aromatic N) is 1. The minimum atomic E-state index is -3.58. The lowest BCUT2D eigenvalue weighted by molar-refractivity contribution is 0.282. The van der Waals surface area contributed by atoms with Gasteiger partial charge in [-0.1, -0.05) is 30.3 Å². The van der Waals surface area contributed by atoms with Crippen molar-refractivity contribution in [3.63, 3.8) is 0 Å². The maximum absolute atomic E-state index is 12.1. The Morgan fingerprint density at radius 3 is 2.38 bits per heavy atom. The van der Waals surface area contributed by atoms with E-state index < -0.39 is 10.0 Å². The fourth-order valence-electron chi connectivity index (χ4n) is 1.86. The second kappa shape index (κ2) is 6.39. The van der Waals surface area contributed by atoms with Crippen molar-refractivity contribution >= 4 is 15.7 Å². The number of sulfonamides is 1. The van der Waals surface area contributed by atoms with Gasteiger partial charge in [-0.2, -0.15) is 5.26 Å². The largest absolute Gasteiger partial charge is 0.392 e. The van der Waals surface area contributed by atoms with Gasteiger partial charge in [-0.15, -0.1) is 0 Å². The maximum atomic E-state index is 12.1. The average molecular weight is 302 g/mol. The van der Waals surface area contributed by atoms with Gasteiger partial charge in [-0.3, -0.25) is 4.72 Å². The molecule has 6 heteroatoms. The Morgan fingerprint density at radius 2 is 1.76 bits per heavy atom. The first-order chi connectivity index (χ1) is 10.0. The van der Waals surface area contributed by atoms with Gasteiger partial charge in [0.1, 0.15) is 0 Å². The van der Waals surface area contributed by atoms with E-state index >= 15 is 0 Å². The van der Waals surface area contributed by atoms with Crippen LogP contribution in [0.3, 0.4) is 0 Å². The first-order valence-corrected chi connectivity index (χ1v) is 7.87. The molecule has 0 unspecified atom stereocenters. The van der Waals surface area contributed by atoms with Crippen molar-refractivity contribution in [2.75, 3.05) is 4.72 Å². The van der Waals surface area contributed by atoms with Crippen molar-refractivity contribution in [1.82, 2.24) is 0 Å². The molecule has 0 saturated carbocycles. The number of anilines is 1. The topological polar surface area (TPSA) is 90.2 Å². The first-order valence-electron chi connectivity index (χ1n) is 6.22. The molecule has 0 aliphatic carbocycles. The molecule has 0 heterocycles. The predicted molar refractivity (Wildman–Crippen MR) is 79.8 cm³/mol. The van der Waals surface area contributed by atoms with E-state index in [0.29, 0.717) is 22.4 Å². The van der Waals surface area contributed by atoms with E-state index in [4.69, 9.17) is 5.26 Å². The van der Waals surface area contributed by atoms with Crippen LogP contribution in [0.1, 0.15) is 16.7 Å². The molecule has 0 amide bonds. The van der Waals surface area contributed by atoms with Crippen LogP contribution < -0.4 is 4.72 Å². The van der Waals surface area contributed by atoms with Gasteiger partial charge in [0.15, 0.2) is 0 Å².